The average Bonchev–Trinajstić information content (AvgIpc) is 2.31. The van der Waals surface area contributed by atoms with Gasteiger partial charge in [0.1, 0.15) is 0 Å². The summed E-state index contributed by atoms with van der Waals surface area (Å²) >= 11 is 6.69. The third-order valence-corrected chi connectivity index (χ3v) is 6.71. The fourth-order valence-electron chi connectivity index (χ4n) is 1.61. The zero-order chi connectivity index (χ0) is 14.8. The van der Waals surface area contributed by atoms with E-state index in [2.05, 4.69) is 36.6 Å². The fraction of sp³-hybridized carbons (Fsp3) is 0.538. The molecular formula is C13H19Br2NO2S. The summed E-state index contributed by atoms with van der Waals surface area (Å²) < 4.78 is 28.9. The van der Waals surface area contributed by atoms with E-state index in [1.807, 2.05) is 27.7 Å². The van der Waals surface area contributed by atoms with E-state index in [1.165, 1.54) is 0 Å². The van der Waals surface area contributed by atoms with Crippen molar-refractivity contribution in [1.82, 2.24) is 4.72 Å². The number of halogens is 2. The van der Waals surface area contributed by atoms with Gasteiger partial charge in [0.25, 0.3) is 0 Å². The van der Waals surface area contributed by atoms with E-state index in [0.717, 1.165) is 16.5 Å². The zero-order valence-corrected chi connectivity index (χ0v) is 15.5. The van der Waals surface area contributed by atoms with Gasteiger partial charge in [0.2, 0.25) is 10.0 Å². The van der Waals surface area contributed by atoms with Crippen LogP contribution in [0.15, 0.2) is 26.0 Å². The molecule has 3 nitrogen and oxygen atoms in total. The van der Waals surface area contributed by atoms with Gasteiger partial charge in [0.15, 0.2) is 0 Å². The fourth-order valence-corrected chi connectivity index (χ4v) is 4.64. The van der Waals surface area contributed by atoms with Crippen LogP contribution in [-0.4, -0.2) is 14.5 Å². The largest absolute Gasteiger partial charge is 0.241 e. The molecule has 2 atom stereocenters. The van der Waals surface area contributed by atoms with E-state index < -0.39 is 10.0 Å². The number of nitrogens with one attached hydrogen (secondary N) is 1. The lowest BCUT2D eigenvalue weighted by molar-refractivity contribution is 0.434. The summed E-state index contributed by atoms with van der Waals surface area (Å²) in [5, 5.41) is 0. The van der Waals surface area contributed by atoms with E-state index in [9.17, 15) is 8.42 Å². The van der Waals surface area contributed by atoms with Crippen LogP contribution in [0.1, 0.15) is 32.8 Å². The van der Waals surface area contributed by atoms with Gasteiger partial charge in [-0.2, -0.15) is 0 Å². The third-order valence-electron chi connectivity index (χ3n) is 3.34. The summed E-state index contributed by atoms with van der Waals surface area (Å²) in [7, 11) is -3.51. The lowest BCUT2D eigenvalue weighted by Gasteiger charge is -2.20. The van der Waals surface area contributed by atoms with Crippen molar-refractivity contribution >= 4 is 41.9 Å². The second-order valence-electron chi connectivity index (χ2n) is 4.83. The van der Waals surface area contributed by atoms with Gasteiger partial charge in [0, 0.05) is 15.0 Å². The maximum absolute atomic E-state index is 12.4. The van der Waals surface area contributed by atoms with Crippen LogP contribution in [0.4, 0.5) is 0 Å². The molecule has 0 saturated heterocycles. The number of aryl methyl sites for hydroxylation is 1. The van der Waals surface area contributed by atoms with Crippen LogP contribution in [0.3, 0.4) is 0 Å². The average molecular weight is 413 g/mol. The molecular weight excluding hydrogens is 394 g/mol. The van der Waals surface area contributed by atoms with E-state index in [1.54, 1.807) is 12.1 Å². The van der Waals surface area contributed by atoms with Crippen molar-refractivity contribution in [3.63, 3.8) is 0 Å². The Balaban J connectivity index is 3.11. The van der Waals surface area contributed by atoms with Gasteiger partial charge in [-0.15, -0.1) is 0 Å². The molecule has 108 valence electrons. The van der Waals surface area contributed by atoms with Gasteiger partial charge in [-0.1, -0.05) is 36.2 Å². The molecule has 1 rings (SSSR count). The Hall–Kier alpha value is 0.0900. The van der Waals surface area contributed by atoms with Crippen molar-refractivity contribution < 1.29 is 8.42 Å². The third kappa shape index (κ3) is 4.28. The highest BCUT2D eigenvalue weighted by Crippen LogP contribution is 2.29. The maximum Gasteiger partial charge on any atom is 0.241 e. The normalized spacial score (nSPS) is 15.3. The molecule has 0 saturated carbocycles. The van der Waals surface area contributed by atoms with Gasteiger partial charge >= 0.3 is 0 Å². The minimum atomic E-state index is -3.51. The molecule has 0 aliphatic heterocycles. The first kappa shape index (κ1) is 17.1. The second-order valence-corrected chi connectivity index (χ2v) is 8.22. The lowest BCUT2D eigenvalue weighted by Crippen LogP contribution is -2.37. The van der Waals surface area contributed by atoms with Crippen molar-refractivity contribution in [2.75, 3.05) is 0 Å². The van der Waals surface area contributed by atoms with Gasteiger partial charge in [-0.3, -0.25) is 0 Å². The molecule has 0 heterocycles. The van der Waals surface area contributed by atoms with Gasteiger partial charge in [-0.05, 0) is 53.4 Å². The lowest BCUT2D eigenvalue weighted by atomic mass is 10.0. The molecule has 0 spiro atoms. The molecule has 19 heavy (non-hydrogen) atoms. The van der Waals surface area contributed by atoms with Crippen LogP contribution in [0, 0.1) is 12.8 Å². The van der Waals surface area contributed by atoms with Crippen LogP contribution in [-0.2, 0) is 10.0 Å². The van der Waals surface area contributed by atoms with Crippen molar-refractivity contribution in [1.29, 1.82) is 0 Å². The smallest absolute Gasteiger partial charge is 0.208 e. The van der Waals surface area contributed by atoms with Crippen molar-refractivity contribution in [3.05, 3.63) is 26.6 Å². The summed E-state index contributed by atoms with van der Waals surface area (Å²) in [5.74, 6) is 0.294. The molecule has 0 fully saturated rings. The molecule has 1 N–H and O–H groups in total. The SMILES string of the molecule is CCC(C)C(C)NS(=O)(=O)c1cc(Br)c(C)cc1Br. The van der Waals surface area contributed by atoms with Gasteiger partial charge in [0.05, 0.1) is 4.90 Å². The molecule has 0 amide bonds. The minimum absolute atomic E-state index is 0.0954. The predicted molar refractivity (Wildman–Crippen MR) is 85.8 cm³/mol. The van der Waals surface area contributed by atoms with Crippen LogP contribution in [0.25, 0.3) is 0 Å². The monoisotopic (exact) mass is 411 g/mol. The molecule has 2 unspecified atom stereocenters. The Kier molecular flexibility index (Phi) is 6.04. The molecule has 0 aromatic heterocycles. The van der Waals surface area contributed by atoms with E-state index in [0.29, 0.717) is 10.4 Å². The second kappa shape index (κ2) is 6.70. The minimum Gasteiger partial charge on any atom is -0.208 e. The van der Waals surface area contributed by atoms with Crippen molar-refractivity contribution in [3.8, 4) is 0 Å². The summed E-state index contributed by atoms with van der Waals surface area (Å²) in [6, 6.07) is 3.33. The summed E-state index contributed by atoms with van der Waals surface area (Å²) in [6.45, 7) is 7.89. The number of rotatable bonds is 5. The summed E-state index contributed by atoms with van der Waals surface area (Å²) in [4.78, 5) is 0.264. The highest BCUT2D eigenvalue weighted by Gasteiger charge is 2.23. The quantitative estimate of drug-likeness (QED) is 0.786. The van der Waals surface area contributed by atoms with Crippen LogP contribution >= 0.6 is 31.9 Å². The molecule has 0 radical (unpaired) electrons. The topological polar surface area (TPSA) is 46.2 Å². The van der Waals surface area contributed by atoms with Crippen molar-refractivity contribution in [2.45, 2.75) is 45.1 Å². The predicted octanol–water partition coefficient (Wildman–Crippen LogP) is 4.23. The summed E-state index contributed by atoms with van der Waals surface area (Å²) in [5.41, 5.74) is 0.987. The first-order valence-corrected chi connectivity index (χ1v) is 9.24. The van der Waals surface area contributed by atoms with Gasteiger partial charge in [-0.25, -0.2) is 13.1 Å². The van der Waals surface area contributed by atoms with Gasteiger partial charge < -0.3 is 0 Å². The van der Waals surface area contributed by atoms with E-state index in [-0.39, 0.29) is 10.9 Å². The molecule has 0 bridgehead atoms. The van der Waals surface area contributed by atoms with Crippen LogP contribution in [0.2, 0.25) is 0 Å². The Morgan fingerprint density at radius 1 is 1.21 bits per heavy atom. The molecule has 6 heteroatoms. The first-order chi connectivity index (χ1) is 8.69. The highest BCUT2D eigenvalue weighted by atomic mass is 79.9. The Morgan fingerprint density at radius 2 is 1.79 bits per heavy atom. The van der Waals surface area contributed by atoms with Crippen LogP contribution < -0.4 is 4.72 Å². The standard InChI is InChI=1S/C13H19Br2NO2S/c1-5-8(2)10(4)16-19(17,18)13-7-11(14)9(3)6-12(13)15/h6-8,10,16H,5H2,1-4H3. The molecule has 0 aliphatic rings. The highest BCUT2D eigenvalue weighted by molar-refractivity contribution is 9.11. The number of benzene rings is 1. The Morgan fingerprint density at radius 3 is 2.32 bits per heavy atom. The Labute approximate surface area is 132 Å². The maximum atomic E-state index is 12.4. The molecule has 1 aromatic rings. The summed E-state index contributed by atoms with van der Waals surface area (Å²) in [6.07, 6.45) is 0.933. The number of hydrogen-bond acceptors (Lipinski definition) is 2. The van der Waals surface area contributed by atoms with E-state index in [4.69, 9.17) is 0 Å². The first-order valence-electron chi connectivity index (χ1n) is 6.17. The van der Waals surface area contributed by atoms with Crippen LogP contribution in [0.5, 0.6) is 0 Å². The van der Waals surface area contributed by atoms with E-state index >= 15 is 0 Å². The van der Waals surface area contributed by atoms with Crippen molar-refractivity contribution in [2.24, 2.45) is 5.92 Å². The number of hydrogen-bond donors (Lipinski definition) is 1. The zero-order valence-electron chi connectivity index (χ0n) is 11.5. The number of sulfonamides is 1. The molecule has 0 aliphatic carbocycles. The molecule has 1 aromatic carbocycles. The Bertz CT molecular complexity index is 558.